The molecule has 0 fully saturated rings. The molecule has 1 aromatic heterocycles. The van der Waals surface area contributed by atoms with Gasteiger partial charge in [0.15, 0.2) is 0 Å². The zero-order valence-electron chi connectivity index (χ0n) is 11.4. The predicted octanol–water partition coefficient (Wildman–Crippen LogP) is 2.14. The fourth-order valence-corrected chi connectivity index (χ4v) is 2.05. The van der Waals surface area contributed by atoms with Gasteiger partial charge in [0.1, 0.15) is 5.82 Å². The highest BCUT2D eigenvalue weighted by molar-refractivity contribution is 5.77. The van der Waals surface area contributed by atoms with Crippen LogP contribution in [0.25, 0.3) is 10.9 Å². The van der Waals surface area contributed by atoms with Gasteiger partial charge in [-0.2, -0.15) is 5.48 Å². The van der Waals surface area contributed by atoms with Gasteiger partial charge in [-0.3, -0.25) is 9.63 Å². The molecule has 21 heavy (non-hydrogen) atoms. The van der Waals surface area contributed by atoms with Gasteiger partial charge in [0.05, 0.1) is 24.1 Å². The fraction of sp³-hybridized carbons (Fsp3) is 0.125. The van der Waals surface area contributed by atoms with E-state index in [1.807, 2.05) is 48.5 Å². The Morgan fingerprint density at radius 2 is 1.81 bits per heavy atom. The van der Waals surface area contributed by atoms with E-state index in [2.05, 4.69) is 15.4 Å². The number of aromatic nitrogens is 2. The van der Waals surface area contributed by atoms with Crippen LogP contribution in [0, 0.1) is 0 Å². The van der Waals surface area contributed by atoms with E-state index >= 15 is 0 Å². The molecule has 0 aliphatic rings. The van der Waals surface area contributed by atoms with Crippen molar-refractivity contribution < 1.29 is 4.84 Å². The number of para-hydroxylation sites is 1. The molecule has 2 aromatic carbocycles. The predicted molar refractivity (Wildman–Crippen MR) is 80.4 cm³/mol. The largest absolute Gasteiger partial charge is 0.309 e. The van der Waals surface area contributed by atoms with Crippen LogP contribution >= 0.6 is 0 Å². The van der Waals surface area contributed by atoms with Gasteiger partial charge in [-0.15, -0.1) is 0 Å². The first-order valence-electron chi connectivity index (χ1n) is 6.69. The van der Waals surface area contributed by atoms with Gasteiger partial charge in [-0.25, -0.2) is 4.98 Å². The summed E-state index contributed by atoms with van der Waals surface area (Å²) in [5.74, 6) is 0.548. The highest BCUT2D eigenvalue weighted by atomic mass is 16.6. The Morgan fingerprint density at radius 1 is 1.05 bits per heavy atom. The van der Waals surface area contributed by atoms with Crippen molar-refractivity contribution in [1.29, 1.82) is 0 Å². The SMILES string of the molecule is O=c1[nH]c(CNOCc2ccccc2)nc2ccccc12. The Kier molecular flexibility index (Phi) is 4.04. The van der Waals surface area contributed by atoms with E-state index in [1.54, 1.807) is 6.07 Å². The van der Waals surface area contributed by atoms with E-state index in [0.29, 0.717) is 29.9 Å². The molecule has 1 heterocycles. The van der Waals surface area contributed by atoms with E-state index in [1.165, 1.54) is 0 Å². The first-order valence-corrected chi connectivity index (χ1v) is 6.69. The molecule has 3 rings (SSSR count). The van der Waals surface area contributed by atoms with Gasteiger partial charge in [0.25, 0.3) is 5.56 Å². The van der Waals surface area contributed by atoms with Gasteiger partial charge in [0, 0.05) is 0 Å². The average molecular weight is 281 g/mol. The van der Waals surface area contributed by atoms with E-state index in [0.717, 1.165) is 5.56 Å². The second kappa shape index (κ2) is 6.30. The molecule has 0 aliphatic carbocycles. The summed E-state index contributed by atoms with van der Waals surface area (Å²) in [6.45, 7) is 0.797. The minimum Gasteiger partial charge on any atom is -0.309 e. The summed E-state index contributed by atoms with van der Waals surface area (Å²) in [4.78, 5) is 24.4. The van der Waals surface area contributed by atoms with Crippen molar-refractivity contribution in [3.05, 3.63) is 76.3 Å². The highest BCUT2D eigenvalue weighted by Crippen LogP contribution is 2.05. The monoisotopic (exact) mass is 281 g/mol. The zero-order chi connectivity index (χ0) is 14.5. The fourth-order valence-electron chi connectivity index (χ4n) is 2.05. The van der Waals surface area contributed by atoms with Crippen molar-refractivity contribution >= 4 is 10.9 Å². The van der Waals surface area contributed by atoms with Crippen molar-refractivity contribution in [1.82, 2.24) is 15.4 Å². The molecular formula is C16H15N3O2. The number of hydrogen-bond donors (Lipinski definition) is 2. The standard InChI is InChI=1S/C16H15N3O2/c20-16-13-8-4-5-9-14(13)18-15(19-16)10-17-21-11-12-6-2-1-3-7-12/h1-9,17H,10-11H2,(H,18,19,20). The summed E-state index contributed by atoms with van der Waals surface area (Å²) in [6.07, 6.45) is 0. The Bertz CT molecular complexity index is 784. The lowest BCUT2D eigenvalue weighted by Crippen LogP contribution is -2.19. The Hall–Kier alpha value is -2.50. The van der Waals surface area contributed by atoms with Crippen molar-refractivity contribution in [3.8, 4) is 0 Å². The lowest BCUT2D eigenvalue weighted by molar-refractivity contribution is 0.0222. The molecule has 0 atom stereocenters. The summed E-state index contributed by atoms with van der Waals surface area (Å²) < 4.78 is 0. The third kappa shape index (κ3) is 3.34. The number of H-pyrrole nitrogens is 1. The molecule has 0 spiro atoms. The molecule has 0 amide bonds. The maximum absolute atomic E-state index is 11.9. The zero-order valence-corrected chi connectivity index (χ0v) is 11.4. The third-order valence-electron chi connectivity index (χ3n) is 3.09. The molecule has 5 heteroatoms. The summed E-state index contributed by atoms with van der Waals surface area (Å²) in [7, 11) is 0. The second-order valence-electron chi connectivity index (χ2n) is 4.63. The topological polar surface area (TPSA) is 67.0 Å². The van der Waals surface area contributed by atoms with Crippen LogP contribution in [0.15, 0.2) is 59.4 Å². The number of fused-ring (bicyclic) bond motifs is 1. The molecule has 0 radical (unpaired) electrons. The summed E-state index contributed by atoms with van der Waals surface area (Å²) in [5, 5.41) is 0.589. The van der Waals surface area contributed by atoms with Crippen LogP contribution in [0.5, 0.6) is 0 Å². The summed E-state index contributed by atoms with van der Waals surface area (Å²) in [6, 6.07) is 17.1. The van der Waals surface area contributed by atoms with Crippen molar-refractivity contribution in [2.24, 2.45) is 0 Å². The van der Waals surface area contributed by atoms with E-state index < -0.39 is 0 Å². The Labute approximate surface area is 121 Å². The highest BCUT2D eigenvalue weighted by Gasteiger charge is 2.02. The first-order chi connectivity index (χ1) is 10.3. The van der Waals surface area contributed by atoms with Crippen LogP contribution in [0.4, 0.5) is 0 Å². The van der Waals surface area contributed by atoms with Crippen LogP contribution in [0.3, 0.4) is 0 Å². The second-order valence-corrected chi connectivity index (χ2v) is 4.63. The van der Waals surface area contributed by atoms with Crippen LogP contribution < -0.4 is 11.0 Å². The molecule has 0 saturated heterocycles. The van der Waals surface area contributed by atoms with Crippen LogP contribution in [-0.2, 0) is 18.0 Å². The van der Waals surface area contributed by atoms with E-state index in [-0.39, 0.29) is 5.56 Å². The molecule has 0 aliphatic heterocycles. The maximum atomic E-state index is 11.9. The molecule has 0 saturated carbocycles. The lowest BCUT2D eigenvalue weighted by atomic mass is 10.2. The van der Waals surface area contributed by atoms with Crippen LogP contribution in [0.2, 0.25) is 0 Å². The molecule has 0 unspecified atom stereocenters. The lowest BCUT2D eigenvalue weighted by Gasteiger charge is -2.06. The first kappa shape index (κ1) is 13.5. The molecule has 5 nitrogen and oxygen atoms in total. The van der Waals surface area contributed by atoms with Gasteiger partial charge < -0.3 is 4.98 Å². The van der Waals surface area contributed by atoms with Crippen molar-refractivity contribution in [2.45, 2.75) is 13.2 Å². The summed E-state index contributed by atoms with van der Waals surface area (Å²) in [5.41, 5.74) is 4.43. The number of nitrogens with one attached hydrogen (secondary N) is 2. The number of nitrogens with zero attached hydrogens (tertiary/aromatic N) is 1. The molecule has 0 bridgehead atoms. The van der Waals surface area contributed by atoms with Crippen molar-refractivity contribution in [2.75, 3.05) is 0 Å². The van der Waals surface area contributed by atoms with E-state index in [9.17, 15) is 4.79 Å². The number of rotatable bonds is 5. The quantitative estimate of drug-likeness (QED) is 0.555. The van der Waals surface area contributed by atoms with Crippen LogP contribution in [-0.4, -0.2) is 9.97 Å². The minimum atomic E-state index is -0.138. The van der Waals surface area contributed by atoms with Crippen LogP contribution in [0.1, 0.15) is 11.4 Å². The molecular weight excluding hydrogens is 266 g/mol. The van der Waals surface area contributed by atoms with Crippen molar-refractivity contribution in [3.63, 3.8) is 0 Å². The molecule has 106 valence electrons. The minimum absolute atomic E-state index is 0.138. The molecule has 2 N–H and O–H groups in total. The Morgan fingerprint density at radius 3 is 2.67 bits per heavy atom. The van der Waals surface area contributed by atoms with Gasteiger partial charge in [-0.1, -0.05) is 42.5 Å². The number of hydroxylamine groups is 1. The number of benzene rings is 2. The van der Waals surface area contributed by atoms with Gasteiger partial charge >= 0.3 is 0 Å². The Balaban J connectivity index is 1.62. The smallest absolute Gasteiger partial charge is 0.258 e. The normalized spacial score (nSPS) is 10.9. The van der Waals surface area contributed by atoms with Gasteiger partial charge in [-0.05, 0) is 17.7 Å². The average Bonchev–Trinajstić information content (AvgIpc) is 2.53. The molecule has 3 aromatic rings. The number of hydrogen-bond acceptors (Lipinski definition) is 4. The maximum Gasteiger partial charge on any atom is 0.258 e. The number of aromatic amines is 1. The van der Waals surface area contributed by atoms with E-state index in [4.69, 9.17) is 4.84 Å². The van der Waals surface area contributed by atoms with Gasteiger partial charge in [0.2, 0.25) is 0 Å². The summed E-state index contributed by atoms with van der Waals surface area (Å²) >= 11 is 0. The third-order valence-corrected chi connectivity index (χ3v) is 3.09.